The molecule has 0 spiro atoms. The second-order valence-electron chi connectivity index (χ2n) is 4.81. The summed E-state index contributed by atoms with van der Waals surface area (Å²) in [7, 11) is 3.66. The summed E-state index contributed by atoms with van der Waals surface area (Å²) in [6.07, 6.45) is 0. The van der Waals surface area contributed by atoms with Crippen molar-refractivity contribution in [1.29, 1.82) is 0 Å². The summed E-state index contributed by atoms with van der Waals surface area (Å²) >= 11 is 0. The predicted octanol–water partition coefficient (Wildman–Crippen LogP) is 1.16. The number of rotatable bonds is 11. The minimum Gasteiger partial charge on any atom is -0.490 e. The normalized spacial score (nSPS) is 10.5. The first-order valence-electron chi connectivity index (χ1n) is 7.46. The standard InChI is InChI=1S/C16H26N2O4/c1-4-21-14-7-5-6-8-15(14)22-13-16(19)17-9-10-18(2)11-12-20-3/h5-8H,4,9-13H2,1-3H3,(H,17,19). The second kappa shape index (κ2) is 10.9. The maximum Gasteiger partial charge on any atom is 0.257 e. The summed E-state index contributed by atoms with van der Waals surface area (Å²) in [5, 5.41) is 2.82. The van der Waals surface area contributed by atoms with E-state index in [9.17, 15) is 4.79 Å². The fourth-order valence-electron chi connectivity index (χ4n) is 1.78. The van der Waals surface area contributed by atoms with Gasteiger partial charge >= 0.3 is 0 Å². The van der Waals surface area contributed by atoms with Gasteiger partial charge in [-0.3, -0.25) is 4.79 Å². The van der Waals surface area contributed by atoms with Crippen LogP contribution in [0.25, 0.3) is 0 Å². The minimum absolute atomic E-state index is 0.0220. The van der Waals surface area contributed by atoms with E-state index in [4.69, 9.17) is 14.2 Å². The van der Waals surface area contributed by atoms with Gasteiger partial charge in [-0.15, -0.1) is 0 Å². The van der Waals surface area contributed by atoms with Gasteiger partial charge in [0, 0.05) is 26.7 Å². The Labute approximate surface area is 132 Å². The fraction of sp³-hybridized carbons (Fsp3) is 0.562. The minimum atomic E-state index is -0.147. The number of ether oxygens (including phenoxy) is 3. The Balaban J connectivity index is 2.26. The van der Waals surface area contributed by atoms with E-state index in [1.165, 1.54) is 0 Å². The second-order valence-corrected chi connectivity index (χ2v) is 4.81. The highest BCUT2D eigenvalue weighted by molar-refractivity contribution is 5.77. The number of nitrogens with zero attached hydrogens (tertiary/aromatic N) is 1. The van der Waals surface area contributed by atoms with Gasteiger partial charge < -0.3 is 24.4 Å². The molecule has 0 unspecified atom stereocenters. The van der Waals surface area contributed by atoms with Crippen molar-refractivity contribution < 1.29 is 19.0 Å². The number of hydrogen-bond donors (Lipinski definition) is 1. The topological polar surface area (TPSA) is 60.0 Å². The smallest absolute Gasteiger partial charge is 0.257 e. The number of carbonyl (C=O) groups excluding carboxylic acids is 1. The zero-order valence-corrected chi connectivity index (χ0v) is 13.6. The lowest BCUT2D eigenvalue weighted by molar-refractivity contribution is -0.123. The van der Waals surface area contributed by atoms with E-state index in [1.807, 2.05) is 32.2 Å². The van der Waals surface area contributed by atoms with E-state index in [0.29, 0.717) is 31.3 Å². The molecule has 6 heteroatoms. The number of carbonyl (C=O) groups is 1. The quantitative estimate of drug-likeness (QED) is 0.664. The van der Waals surface area contributed by atoms with Gasteiger partial charge in [0.1, 0.15) is 0 Å². The molecule has 0 atom stereocenters. The molecule has 0 saturated heterocycles. The van der Waals surface area contributed by atoms with Gasteiger partial charge in [-0.2, -0.15) is 0 Å². The van der Waals surface area contributed by atoms with E-state index >= 15 is 0 Å². The molecule has 0 fully saturated rings. The van der Waals surface area contributed by atoms with Gasteiger partial charge in [0.15, 0.2) is 18.1 Å². The molecule has 0 heterocycles. The van der Waals surface area contributed by atoms with E-state index in [0.717, 1.165) is 13.1 Å². The zero-order valence-electron chi connectivity index (χ0n) is 13.6. The number of para-hydroxylation sites is 2. The fourth-order valence-corrected chi connectivity index (χ4v) is 1.78. The number of nitrogens with one attached hydrogen (secondary N) is 1. The van der Waals surface area contributed by atoms with Crippen LogP contribution in [0.5, 0.6) is 11.5 Å². The van der Waals surface area contributed by atoms with Crippen LogP contribution in [0.2, 0.25) is 0 Å². The Morgan fingerprint density at radius 2 is 1.86 bits per heavy atom. The summed E-state index contributed by atoms with van der Waals surface area (Å²) in [5.41, 5.74) is 0. The van der Waals surface area contributed by atoms with Gasteiger partial charge in [-0.25, -0.2) is 0 Å². The maximum atomic E-state index is 11.8. The molecule has 0 aromatic heterocycles. The van der Waals surface area contributed by atoms with Crippen LogP contribution in [0.1, 0.15) is 6.92 Å². The number of benzene rings is 1. The summed E-state index contributed by atoms with van der Waals surface area (Å²) in [6.45, 7) is 5.31. The molecule has 6 nitrogen and oxygen atoms in total. The molecule has 1 N–H and O–H groups in total. The number of hydrogen-bond acceptors (Lipinski definition) is 5. The Hall–Kier alpha value is -1.79. The Kier molecular flexibility index (Phi) is 9.02. The average Bonchev–Trinajstić information content (AvgIpc) is 2.52. The molecule has 0 saturated carbocycles. The lowest BCUT2D eigenvalue weighted by Gasteiger charge is -2.16. The number of amides is 1. The van der Waals surface area contributed by atoms with E-state index in [2.05, 4.69) is 10.2 Å². The number of methoxy groups -OCH3 is 1. The van der Waals surface area contributed by atoms with Gasteiger partial charge in [0.2, 0.25) is 0 Å². The Bertz CT molecular complexity index is 440. The lowest BCUT2D eigenvalue weighted by atomic mass is 10.3. The monoisotopic (exact) mass is 310 g/mol. The van der Waals surface area contributed by atoms with Crippen LogP contribution in [0, 0.1) is 0 Å². The highest BCUT2D eigenvalue weighted by atomic mass is 16.5. The van der Waals surface area contributed by atoms with Crippen LogP contribution in [0.4, 0.5) is 0 Å². The Morgan fingerprint density at radius 3 is 2.50 bits per heavy atom. The summed E-state index contributed by atoms with van der Waals surface area (Å²) in [6, 6.07) is 7.33. The molecule has 0 radical (unpaired) electrons. The molecule has 1 rings (SSSR count). The van der Waals surface area contributed by atoms with Crippen molar-refractivity contribution in [3.05, 3.63) is 24.3 Å². The van der Waals surface area contributed by atoms with Crippen molar-refractivity contribution >= 4 is 5.91 Å². The van der Waals surface area contributed by atoms with Gasteiger partial charge in [-0.1, -0.05) is 12.1 Å². The van der Waals surface area contributed by atoms with Crippen LogP contribution in [0.3, 0.4) is 0 Å². The van der Waals surface area contributed by atoms with E-state index in [1.54, 1.807) is 13.2 Å². The molecule has 1 aromatic rings. The lowest BCUT2D eigenvalue weighted by Crippen LogP contribution is -2.36. The molecule has 0 aliphatic rings. The molecule has 1 aromatic carbocycles. The highest BCUT2D eigenvalue weighted by Crippen LogP contribution is 2.26. The van der Waals surface area contributed by atoms with Crippen LogP contribution in [-0.4, -0.2) is 64.4 Å². The first kappa shape index (κ1) is 18.3. The van der Waals surface area contributed by atoms with Crippen LogP contribution >= 0.6 is 0 Å². The Morgan fingerprint density at radius 1 is 1.18 bits per heavy atom. The first-order valence-corrected chi connectivity index (χ1v) is 7.46. The zero-order chi connectivity index (χ0) is 16.2. The average molecular weight is 310 g/mol. The van der Waals surface area contributed by atoms with Crippen molar-refractivity contribution in [3.63, 3.8) is 0 Å². The third-order valence-electron chi connectivity index (χ3n) is 3.00. The van der Waals surface area contributed by atoms with Crippen LogP contribution in [-0.2, 0) is 9.53 Å². The molecular weight excluding hydrogens is 284 g/mol. The van der Waals surface area contributed by atoms with Crippen LogP contribution < -0.4 is 14.8 Å². The van der Waals surface area contributed by atoms with Crippen LogP contribution in [0.15, 0.2) is 24.3 Å². The summed E-state index contributed by atoms with van der Waals surface area (Å²) in [5.74, 6) is 1.08. The predicted molar refractivity (Wildman–Crippen MR) is 85.5 cm³/mol. The van der Waals surface area contributed by atoms with E-state index in [-0.39, 0.29) is 12.5 Å². The third kappa shape index (κ3) is 7.28. The third-order valence-corrected chi connectivity index (χ3v) is 3.00. The summed E-state index contributed by atoms with van der Waals surface area (Å²) < 4.78 is 15.9. The summed E-state index contributed by atoms with van der Waals surface area (Å²) in [4.78, 5) is 13.9. The van der Waals surface area contributed by atoms with Crippen molar-refractivity contribution in [2.75, 3.05) is 53.6 Å². The van der Waals surface area contributed by atoms with Gasteiger partial charge in [0.25, 0.3) is 5.91 Å². The van der Waals surface area contributed by atoms with Crippen molar-refractivity contribution in [2.45, 2.75) is 6.92 Å². The molecule has 0 aliphatic heterocycles. The first-order chi connectivity index (χ1) is 10.7. The molecule has 1 amide bonds. The number of likely N-dealkylation sites (N-methyl/N-ethyl adjacent to an activating group) is 1. The van der Waals surface area contributed by atoms with Gasteiger partial charge in [-0.05, 0) is 26.1 Å². The van der Waals surface area contributed by atoms with Crippen molar-refractivity contribution in [1.82, 2.24) is 10.2 Å². The van der Waals surface area contributed by atoms with Gasteiger partial charge in [0.05, 0.1) is 13.2 Å². The molecule has 124 valence electrons. The SMILES string of the molecule is CCOc1ccccc1OCC(=O)NCCN(C)CCOC. The van der Waals surface area contributed by atoms with E-state index < -0.39 is 0 Å². The van der Waals surface area contributed by atoms with Crippen molar-refractivity contribution in [3.8, 4) is 11.5 Å². The molecule has 22 heavy (non-hydrogen) atoms. The maximum absolute atomic E-state index is 11.8. The molecule has 0 aliphatic carbocycles. The molecule has 0 bridgehead atoms. The molecular formula is C16H26N2O4. The van der Waals surface area contributed by atoms with Crippen molar-refractivity contribution in [2.24, 2.45) is 0 Å². The highest BCUT2D eigenvalue weighted by Gasteiger charge is 2.07. The largest absolute Gasteiger partial charge is 0.490 e.